The average molecular weight is 339 g/mol. The molecule has 1 saturated carbocycles. The number of fused-ring (bicyclic) bond motifs is 1. The number of carbonyl (C=O) groups excluding carboxylic acids is 1. The molecule has 130 valence electrons. The van der Waals surface area contributed by atoms with Crippen LogP contribution in [0.1, 0.15) is 38.3 Å². The number of carbonyl (C=O) groups is 1. The van der Waals surface area contributed by atoms with Crippen LogP contribution in [0.4, 0.5) is 15.9 Å². The fraction of sp³-hybridized carbons (Fsp3) is 0.400. The Bertz CT molecular complexity index is 805. The number of hydrogen-bond acceptors (Lipinski definition) is 3. The van der Waals surface area contributed by atoms with E-state index in [-0.39, 0.29) is 23.9 Å². The number of rotatable bonds is 3. The van der Waals surface area contributed by atoms with Crippen LogP contribution in [0.25, 0.3) is 0 Å². The zero-order valence-corrected chi connectivity index (χ0v) is 14.4. The maximum absolute atomic E-state index is 13.5. The van der Waals surface area contributed by atoms with Gasteiger partial charge in [0.25, 0.3) is 0 Å². The first kappa shape index (κ1) is 16.1. The Labute approximate surface area is 147 Å². The van der Waals surface area contributed by atoms with Crippen molar-refractivity contribution in [3.63, 3.8) is 0 Å². The lowest BCUT2D eigenvalue weighted by molar-refractivity contribution is -0.117. The first-order valence-electron chi connectivity index (χ1n) is 8.84. The van der Waals surface area contributed by atoms with Gasteiger partial charge in [-0.1, -0.05) is 31.2 Å². The number of anilines is 2. The van der Waals surface area contributed by atoms with Gasteiger partial charge in [0.15, 0.2) is 0 Å². The summed E-state index contributed by atoms with van der Waals surface area (Å²) in [6.45, 7) is 3.81. The van der Waals surface area contributed by atoms with E-state index in [1.165, 1.54) is 6.07 Å². The summed E-state index contributed by atoms with van der Waals surface area (Å²) in [5.41, 5.74) is 2.02. The van der Waals surface area contributed by atoms with Gasteiger partial charge < -0.3 is 10.2 Å². The fourth-order valence-corrected chi connectivity index (χ4v) is 4.16. The molecule has 1 fully saturated rings. The lowest BCUT2D eigenvalue weighted by Crippen LogP contribution is -2.51. The first-order valence-corrected chi connectivity index (χ1v) is 8.84. The molecule has 1 amide bonds. The van der Waals surface area contributed by atoms with Crippen molar-refractivity contribution in [2.24, 2.45) is 11.8 Å². The van der Waals surface area contributed by atoms with Crippen molar-refractivity contribution in [2.75, 3.05) is 10.2 Å². The Morgan fingerprint density at radius 1 is 1.20 bits per heavy atom. The number of nitrogens with zero attached hydrogens (tertiary/aromatic N) is 2. The van der Waals surface area contributed by atoms with Crippen molar-refractivity contribution in [1.82, 2.24) is 4.98 Å². The highest BCUT2D eigenvalue weighted by Crippen LogP contribution is 2.49. The van der Waals surface area contributed by atoms with E-state index >= 15 is 0 Å². The molecule has 0 radical (unpaired) electrons. The topological polar surface area (TPSA) is 45.2 Å². The highest BCUT2D eigenvalue weighted by atomic mass is 19.1. The van der Waals surface area contributed by atoms with Crippen LogP contribution in [-0.2, 0) is 4.79 Å². The molecule has 1 N–H and O–H groups in total. The molecular formula is C20H22FN3O. The monoisotopic (exact) mass is 339 g/mol. The number of benzene rings is 1. The number of amides is 1. The normalized spacial score (nSPS) is 25.4. The Morgan fingerprint density at radius 3 is 2.64 bits per heavy atom. The van der Waals surface area contributed by atoms with Gasteiger partial charge in [-0.15, -0.1) is 0 Å². The maximum Gasteiger partial charge on any atom is 0.224 e. The molecule has 3 atom stereocenters. The predicted octanol–water partition coefficient (Wildman–Crippen LogP) is 4.16. The minimum absolute atomic E-state index is 0.00769. The van der Waals surface area contributed by atoms with Crippen LogP contribution in [0.3, 0.4) is 0 Å². The molecule has 4 nitrogen and oxygen atoms in total. The highest BCUT2D eigenvalue weighted by Gasteiger charge is 2.47. The number of aromatic nitrogens is 1. The lowest BCUT2D eigenvalue weighted by atomic mass is 9.80. The molecular weight excluding hydrogens is 317 g/mol. The molecule has 4 rings (SSSR count). The van der Waals surface area contributed by atoms with Gasteiger partial charge in [-0.05, 0) is 42.5 Å². The zero-order valence-electron chi connectivity index (χ0n) is 14.4. The third-order valence-corrected chi connectivity index (χ3v) is 5.36. The molecule has 0 saturated heterocycles. The number of hydrogen-bond donors (Lipinski definition) is 1. The Kier molecular flexibility index (Phi) is 3.94. The van der Waals surface area contributed by atoms with E-state index in [1.807, 2.05) is 29.2 Å². The van der Waals surface area contributed by atoms with Gasteiger partial charge in [-0.2, -0.15) is 4.39 Å². The second kappa shape index (κ2) is 6.14. The van der Waals surface area contributed by atoms with Crippen molar-refractivity contribution in [3.05, 3.63) is 54.0 Å². The van der Waals surface area contributed by atoms with Crippen molar-refractivity contribution < 1.29 is 9.18 Å². The lowest BCUT2D eigenvalue weighted by Gasteiger charge is -2.45. The molecule has 5 heteroatoms. The summed E-state index contributed by atoms with van der Waals surface area (Å²) >= 11 is 0. The Morgan fingerprint density at radius 2 is 1.96 bits per heavy atom. The van der Waals surface area contributed by atoms with Crippen LogP contribution in [0, 0.1) is 17.8 Å². The summed E-state index contributed by atoms with van der Waals surface area (Å²) in [7, 11) is 0. The smallest absolute Gasteiger partial charge is 0.224 e. The van der Waals surface area contributed by atoms with Gasteiger partial charge in [0, 0.05) is 24.6 Å². The summed E-state index contributed by atoms with van der Waals surface area (Å²) in [4.78, 5) is 18.3. The van der Waals surface area contributed by atoms with E-state index in [0.29, 0.717) is 11.7 Å². The second-order valence-electron chi connectivity index (χ2n) is 7.10. The minimum atomic E-state index is -0.495. The molecule has 1 aromatic heterocycles. The summed E-state index contributed by atoms with van der Waals surface area (Å²) < 4.78 is 13.5. The Balaban J connectivity index is 1.77. The molecule has 1 aliphatic carbocycles. The van der Waals surface area contributed by atoms with Crippen molar-refractivity contribution >= 4 is 17.4 Å². The summed E-state index contributed by atoms with van der Waals surface area (Å²) in [6, 6.07) is 12.9. The zero-order chi connectivity index (χ0) is 17.6. The third-order valence-electron chi connectivity index (χ3n) is 5.36. The van der Waals surface area contributed by atoms with E-state index in [9.17, 15) is 9.18 Å². The van der Waals surface area contributed by atoms with Crippen molar-refractivity contribution in [1.29, 1.82) is 0 Å². The highest BCUT2D eigenvalue weighted by molar-refractivity contribution is 5.94. The van der Waals surface area contributed by atoms with Crippen LogP contribution in [-0.4, -0.2) is 16.9 Å². The van der Waals surface area contributed by atoms with E-state index in [2.05, 4.69) is 17.2 Å². The van der Waals surface area contributed by atoms with Crippen LogP contribution in [0.15, 0.2) is 42.5 Å². The fourth-order valence-electron chi connectivity index (χ4n) is 4.16. The van der Waals surface area contributed by atoms with Gasteiger partial charge in [-0.3, -0.25) is 4.79 Å². The summed E-state index contributed by atoms with van der Waals surface area (Å²) in [5.74, 6) is 0.857. The molecule has 1 aromatic carbocycles. The van der Waals surface area contributed by atoms with Crippen LogP contribution < -0.4 is 10.2 Å². The van der Waals surface area contributed by atoms with Gasteiger partial charge in [-0.25, -0.2) is 4.98 Å². The van der Waals surface area contributed by atoms with Gasteiger partial charge in [0.1, 0.15) is 5.82 Å². The molecule has 0 spiro atoms. The number of nitrogens with one attached hydrogen (secondary N) is 1. The molecule has 2 aliphatic rings. The number of para-hydroxylation sites is 1. The molecule has 25 heavy (non-hydrogen) atoms. The van der Waals surface area contributed by atoms with Crippen molar-refractivity contribution in [3.8, 4) is 0 Å². The molecule has 2 unspecified atom stereocenters. The molecule has 1 aliphatic heterocycles. The molecule has 0 bridgehead atoms. The van der Waals surface area contributed by atoms with Crippen LogP contribution >= 0.6 is 0 Å². The summed E-state index contributed by atoms with van der Waals surface area (Å²) in [5, 5.41) is 3.41. The quantitative estimate of drug-likeness (QED) is 0.854. The average Bonchev–Trinajstić information content (AvgIpc) is 3.41. The first-order chi connectivity index (χ1) is 12.1. The van der Waals surface area contributed by atoms with Crippen LogP contribution in [0.2, 0.25) is 0 Å². The standard InChI is InChI=1S/C20H22FN3O/c1-12-19(23-18-9-5-8-17(21)22-18)15-6-3-4-7-16(15)24(13(2)25)20(12)14-10-11-14/h3-9,12,14,19-20H,10-11H2,1-2H3,(H,22,23)/t12-,19?,20?/m1/s1. The Hall–Kier alpha value is -2.43. The molecule has 2 heterocycles. The van der Waals surface area contributed by atoms with E-state index in [1.54, 1.807) is 19.1 Å². The SMILES string of the molecule is CC(=O)N1c2ccccc2C(Nc2cccc(F)n2)[C@@H](C)C1C1CC1. The van der Waals surface area contributed by atoms with Crippen molar-refractivity contribution in [2.45, 2.75) is 38.8 Å². The maximum atomic E-state index is 13.5. The van der Waals surface area contributed by atoms with Gasteiger partial charge >= 0.3 is 0 Å². The van der Waals surface area contributed by atoms with Crippen LogP contribution in [0.5, 0.6) is 0 Å². The van der Waals surface area contributed by atoms with E-state index in [0.717, 1.165) is 24.1 Å². The largest absolute Gasteiger partial charge is 0.363 e. The molecule has 2 aromatic rings. The summed E-state index contributed by atoms with van der Waals surface area (Å²) in [6.07, 6.45) is 2.32. The second-order valence-corrected chi connectivity index (χ2v) is 7.10. The third kappa shape index (κ3) is 2.88. The van der Waals surface area contributed by atoms with E-state index < -0.39 is 5.95 Å². The number of halogens is 1. The van der Waals surface area contributed by atoms with Gasteiger partial charge in [0.2, 0.25) is 11.9 Å². The minimum Gasteiger partial charge on any atom is -0.363 e. The van der Waals surface area contributed by atoms with Gasteiger partial charge in [0.05, 0.1) is 6.04 Å². The number of pyridine rings is 1. The van der Waals surface area contributed by atoms with E-state index in [4.69, 9.17) is 0 Å². The predicted molar refractivity (Wildman–Crippen MR) is 95.8 cm³/mol.